The van der Waals surface area contributed by atoms with E-state index in [9.17, 15) is 9.59 Å². The number of benzene rings is 1. The van der Waals surface area contributed by atoms with Gasteiger partial charge in [0.15, 0.2) is 0 Å². The van der Waals surface area contributed by atoms with E-state index in [0.717, 1.165) is 12.1 Å². The fourth-order valence-corrected chi connectivity index (χ4v) is 4.31. The van der Waals surface area contributed by atoms with Crippen LogP contribution in [0.25, 0.3) is 0 Å². The number of carbonyl (C=O) groups excluding carboxylic acids is 2. The lowest BCUT2D eigenvalue weighted by molar-refractivity contribution is -0.148. The van der Waals surface area contributed by atoms with Gasteiger partial charge in [0.1, 0.15) is 12.1 Å². The first kappa shape index (κ1) is 18.2. The molecule has 2 amide bonds. The summed E-state index contributed by atoms with van der Waals surface area (Å²) >= 11 is 1.67. The normalized spacial score (nSPS) is 24.7. The van der Waals surface area contributed by atoms with Gasteiger partial charge in [-0.05, 0) is 34.4 Å². The third kappa shape index (κ3) is 4.21. The minimum absolute atomic E-state index is 0.0486. The van der Waals surface area contributed by atoms with E-state index < -0.39 is 6.04 Å². The average molecular weight is 385 g/mol. The van der Waals surface area contributed by atoms with Crippen molar-refractivity contribution in [2.24, 2.45) is 0 Å². The smallest absolute Gasteiger partial charge is 0.248 e. The van der Waals surface area contributed by atoms with Gasteiger partial charge < -0.3 is 20.3 Å². The van der Waals surface area contributed by atoms with Crippen molar-refractivity contribution in [3.63, 3.8) is 0 Å². The summed E-state index contributed by atoms with van der Waals surface area (Å²) in [6, 6.07) is 11.0. The quantitative estimate of drug-likeness (QED) is 0.758. The molecule has 0 radical (unpaired) electrons. The lowest BCUT2D eigenvalue weighted by atomic mass is 10.1. The Morgan fingerprint density at radius 2 is 2.04 bits per heavy atom. The van der Waals surface area contributed by atoms with Gasteiger partial charge >= 0.3 is 0 Å². The van der Waals surface area contributed by atoms with Gasteiger partial charge in [0, 0.05) is 19.1 Å². The Balaban J connectivity index is 1.30. The summed E-state index contributed by atoms with van der Waals surface area (Å²) in [5.41, 5.74) is 2.27. The summed E-state index contributed by atoms with van der Waals surface area (Å²) in [6.07, 6.45) is 0.652. The summed E-state index contributed by atoms with van der Waals surface area (Å²) in [7, 11) is 0. The van der Waals surface area contributed by atoms with E-state index in [4.69, 9.17) is 4.74 Å². The number of piperazine rings is 1. The third-order valence-electron chi connectivity index (χ3n) is 5.07. The zero-order valence-corrected chi connectivity index (χ0v) is 15.8. The predicted octanol–water partition coefficient (Wildman–Crippen LogP) is 1.52. The number of hydrogen-bond donors (Lipinski definition) is 2. The molecule has 2 aromatic rings. The molecule has 0 aliphatic carbocycles. The van der Waals surface area contributed by atoms with Crippen LogP contribution in [0.3, 0.4) is 0 Å². The highest BCUT2D eigenvalue weighted by atomic mass is 32.1. The van der Waals surface area contributed by atoms with Gasteiger partial charge in [-0.25, -0.2) is 0 Å². The van der Waals surface area contributed by atoms with Gasteiger partial charge in [0.25, 0.3) is 0 Å². The minimum atomic E-state index is -0.604. The highest BCUT2D eigenvalue weighted by Gasteiger charge is 2.46. The fourth-order valence-electron chi connectivity index (χ4n) is 3.64. The molecule has 1 aromatic heterocycles. The van der Waals surface area contributed by atoms with Crippen LogP contribution in [0.4, 0.5) is 0 Å². The highest BCUT2D eigenvalue weighted by molar-refractivity contribution is 7.07. The van der Waals surface area contributed by atoms with Crippen LogP contribution in [0.5, 0.6) is 0 Å². The number of rotatable bonds is 7. The number of nitrogens with zero attached hydrogens (tertiary/aromatic N) is 1. The Labute approximate surface area is 162 Å². The molecule has 142 valence electrons. The second kappa shape index (κ2) is 8.21. The number of nitrogens with one attached hydrogen (secondary N) is 2. The first-order valence-electron chi connectivity index (χ1n) is 9.17. The molecule has 7 heteroatoms. The molecule has 3 heterocycles. The van der Waals surface area contributed by atoms with Crippen molar-refractivity contribution in [1.82, 2.24) is 15.5 Å². The highest BCUT2D eigenvalue weighted by Crippen LogP contribution is 2.23. The Bertz CT molecular complexity index is 781. The molecule has 2 aliphatic heterocycles. The van der Waals surface area contributed by atoms with E-state index in [1.807, 2.05) is 35.7 Å². The van der Waals surface area contributed by atoms with E-state index >= 15 is 0 Å². The molecule has 2 aliphatic rings. The summed E-state index contributed by atoms with van der Waals surface area (Å²) < 4.78 is 5.67. The largest absolute Gasteiger partial charge is 0.374 e. The van der Waals surface area contributed by atoms with Crippen LogP contribution < -0.4 is 10.6 Å². The van der Waals surface area contributed by atoms with Crippen LogP contribution in [-0.4, -0.2) is 48.0 Å². The molecular formula is C20H23N3O3S. The predicted molar refractivity (Wildman–Crippen MR) is 103 cm³/mol. The first-order valence-corrected chi connectivity index (χ1v) is 10.1. The molecule has 6 nitrogen and oxygen atoms in total. The fraction of sp³-hybridized carbons (Fsp3) is 0.400. The van der Waals surface area contributed by atoms with Crippen molar-refractivity contribution in [3.8, 4) is 0 Å². The second-order valence-electron chi connectivity index (χ2n) is 7.01. The zero-order valence-electron chi connectivity index (χ0n) is 15.0. The van der Waals surface area contributed by atoms with Gasteiger partial charge in [-0.1, -0.05) is 30.3 Å². The number of carbonyl (C=O) groups is 2. The minimum Gasteiger partial charge on any atom is -0.374 e. The molecule has 2 saturated heterocycles. The first-order chi connectivity index (χ1) is 13.2. The number of ether oxygens (including phenoxy) is 1. The number of amides is 2. The van der Waals surface area contributed by atoms with Crippen molar-refractivity contribution >= 4 is 23.2 Å². The molecule has 0 bridgehead atoms. The Kier molecular flexibility index (Phi) is 5.52. The van der Waals surface area contributed by atoms with E-state index in [0.29, 0.717) is 19.6 Å². The van der Waals surface area contributed by atoms with Crippen LogP contribution in [-0.2, 0) is 27.5 Å². The molecule has 27 heavy (non-hydrogen) atoms. The van der Waals surface area contributed by atoms with Crippen molar-refractivity contribution in [2.45, 2.75) is 37.7 Å². The topological polar surface area (TPSA) is 70.7 Å². The van der Waals surface area contributed by atoms with Crippen molar-refractivity contribution in [1.29, 1.82) is 0 Å². The van der Waals surface area contributed by atoms with Crippen LogP contribution in [0.15, 0.2) is 47.2 Å². The third-order valence-corrected chi connectivity index (χ3v) is 5.80. The van der Waals surface area contributed by atoms with Crippen molar-refractivity contribution < 1.29 is 14.3 Å². The van der Waals surface area contributed by atoms with E-state index in [1.165, 1.54) is 5.56 Å². The number of thiophene rings is 1. The molecule has 0 unspecified atom stereocenters. The lowest BCUT2D eigenvalue weighted by Gasteiger charge is -2.34. The summed E-state index contributed by atoms with van der Waals surface area (Å²) in [4.78, 5) is 26.9. The van der Waals surface area contributed by atoms with Crippen LogP contribution in [0.2, 0.25) is 0 Å². The maximum atomic E-state index is 12.8. The maximum Gasteiger partial charge on any atom is 0.248 e. The van der Waals surface area contributed by atoms with Crippen molar-refractivity contribution in [2.75, 3.05) is 13.2 Å². The number of fused-ring (bicyclic) bond motifs is 1. The van der Waals surface area contributed by atoms with Crippen LogP contribution in [0.1, 0.15) is 17.5 Å². The summed E-state index contributed by atoms with van der Waals surface area (Å²) in [5, 5.41) is 10.4. The van der Waals surface area contributed by atoms with Gasteiger partial charge in [-0.15, -0.1) is 0 Å². The second-order valence-corrected chi connectivity index (χ2v) is 7.79. The molecule has 2 fully saturated rings. The summed E-state index contributed by atoms with van der Waals surface area (Å²) in [6.45, 7) is 1.94. The monoisotopic (exact) mass is 385 g/mol. The molecule has 0 saturated carbocycles. The molecule has 4 rings (SSSR count). The van der Waals surface area contributed by atoms with Gasteiger partial charge in [0.05, 0.1) is 13.2 Å². The van der Waals surface area contributed by atoms with E-state index in [2.05, 4.69) is 22.1 Å². The van der Waals surface area contributed by atoms with Gasteiger partial charge in [0.2, 0.25) is 11.8 Å². The van der Waals surface area contributed by atoms with Gasteiger partial charge in [-0.3, -0.25) is 9.59 Å². The van der Waals surface area contributed by atoms with E-state index in [1.54, 1.807) is 16.2 Å². The standard InChI is InChI=1S/C20H23N3O3S/c24-19-18-8-16(21-9-15-6-7-27-13-15)10-23(18)20(25)17(22-19)12-26-11-14-4-2-1-3-5-14/h1-7,13,16-18,21H,8-12H2,(H,22,24)/t16-,17-,18-/m0/s1. The Morgan fingerprint density at radius 3 is 2.81 bits per heavy atom. The zero-order chi connectivity index (χ0) is 18.6. The average Bonchev–Trinajstić information content (AvgIpc) is 3.35. The summed E-state index contributed by atoms with van der Waals surface area (Å²) in [5.74, 6) is -0.129. The molecule has 3 atom stereocenters. The Morgan fingerprint density at radius 1 is 1.19 bits per heavy atom. The molecular weight excluding hydrogens is 362 g/mol. The SMILES string of the molecule is O=C1N[C@@H](COCc2ccccc2)C(=O)N2C[C@@H](NCc3ccsc3)C[C@@H]12. The van der Waals surface area contributed by atoms with Crippen LogP contribution >= 0.6 is 11.3 Å². The molecule has 1 aromatic carbocycles. The Hall–Kier alpha value is -2.22. The lowest BCUT2D eigenvalue weighted by Crippen LogP contribution is -2.62. The molecule has 2 N–H and O–H groups in total. The van der Waals surface area contributed by atoms with Crippen molar-refractivity contribution in [3.05, 3.63) is 58.3 Å². The van der Waals surface area contributed by atoms with Gasteiger partial charge in [-0.2, -0.15) is 11.3 Å². The molecule has 0 spiro atoms. The number of hydrogen-bond acceptors (Lipinski definition) is 5. The maximum absolute atomic E-state index is 12.8. The van der Waals surface area contributed by atoms with E-state index in [-0.39, 0.29) is 30.5 Å². The van der Waals surface area contributed by atoms with Crippen LogP contribution in [0, 0.1) is 0 Å².